The van der Waals surface area contributed by atoms with Gasteiger partial charge >= 0.3 is 0 Å². The molecule has 0 spiro atoms. The van der Waals surface area contributed by atoms with Crippen molar-refractivity contribution in [1.82, 2.24) is 9.97 Å². The van der Waals surface area contributed by atoms with Crippen LogP contribution < -0.4 is 4.90 Å². The third kappa shape index (κ3) is 3.05. The van der Waals surface area contributed by atoms with Crippen molar-refractivity contribution in [1.29, 1.82) is 0 Å². The van der Waals surface area contributed by atoms with Gasteiger partial charge in [0.15, 0.2) is 0 Å². The number of nitrogens with one attached hydrogen (secondary N) is 1. The first kappa shape index (κ1) is 13.0. The number of hydrogen-bond donors (Lipinski definition) is 1. The van der Waals surface area contributed by atoms with Crippen molar-refractivity contribution in [2.75, 3.05) is 31.2 Å². The molecule has 0 unspecified atom stereocenters. The highest BCUT2D eigenvalue weighted by atomic mass is 79.9. The minimum atomic E-state index is 0.633. The van der Waals surface area contributed by atoms with E-state index in [2.05, 4.69) is 37.7 Å². The minimum absolute atomic E-state index is 0.633. The van der Waals surface area contributed by atoms with E-state index in [9.17, 15) is 0 Å². The van der Waals surface area contributed by atoms with Crippen LogP contribution in [0.2, 0.25) is 0 Å². The Kier molecular flexibility index (Phi) is 4.53. The summed E-state index contributed by atoms with van der Waals surface area (Å²) in [5, 5.41) is 0. The fraction of sp³-hybridized carbons (Fsp3) is 0.636. The molecule has 94 valence electrons. The Bertz CT molecular complexity index is 443. The van der Waals surface area contributed by atoms with Crippen LogP contribution in [0.4, 0.5) is 5.95 Å². The second kappa shape index (κ2) is 5.93. The molecule has 0 radical (unpaired) electrons. The molecule has 6 heteroatoms. The molecule has 1 aromatic heterocycles. The standard InChI is InChI=1S/C11H16BrN3OS/c1-2-3-8-9(12)10(17)14-11(13-8)15-4-6-16-7-5-15/h2-7H2,1H3,(H,13,14,17). The highest BCUT2D eigenvalue weighted by Gasteiger charge is 2.15. The molecule has 0 atom stereocenters. The predicted octanol–water partition coefficient (Wildman–Crippen LogP) is 2.69. The number of nitrogens with zero attached hydrogens (tertiary/aromatic N) is 2. The van der Waals surface area contributed by atoms with Crippen LogP contribution in [0.15, 0.2) is 4.47 Å². The summed E-state index contributed by atoms with van der Waals surface area (Å²) in [5.74, 6) is 0.866. The van der Waals surface area contributed by atoms with Crippen molar-refractivity contribution < 1.29 is 4.74 Å². The van der Waals surface area contributed by atoms with Gasteiger partial charge in [0.2, 0.25) is 5.95 Å². The number of aryl methyl sites for hydroxylation is 1. The van der Waals surface area contributed by atoms with E-state index < -0.39 is 0 Å². The SMILES string of the molecule is CCCc1[nH]c(N2CCOCC2)nc(=S)c1Br. The first-order valence-electron chi connectivity index (χ1n) is 5.83. The van der Waals surface area contributed by atoms with Gasteiger partial charge in [0.1, 0.15) is 4.64 Å². The Balaban J connectivity index is 2.30. The summed E-state index contributed by atoms with van der Waals surface area (Å²) in [5.41, 5.74) is 1.13. The van der Waals surface area contributed by atoms with Gasteiger partial charge in [-0.05, 0) is 22.4 Å². The lowest BCUT2D eigenvalue weighted by atomic mass is 10.2. The van der Waals surface area contributed by atoms with Crippen molar-refractivity contribution in [3.63, 3.8) is 0 Å². The number of aromatic nitrogens is 2. The molecule has 0 saturated carbocycles. The van der Waals surface area contributed by atoms with Crippen LogP contribution in [0, 0.1) is 4.64 Å². The number of anilines is 1. The first-order chi connectivity index (χ1) is 8.22. The van der Waals surface area contributed by atoms with Crippen molar-refractivity contribution in [2.45, 2.75) is 19.8 Å². The lowest BCUT2D eigenvalue weighted by molar-refractivity contribution is 0.122. The predicted molar refractivity (Wildman–Crippen MR) is 74.1 cm³/mol. The Morgan fingerprint density at radius 3 is 2.82 bits per heavy atom. The molecule has 0 aromatic carbocycles. The number of rotatable bonds is 3. The smallest absolute Gasteiger partial charge is 0.204 e. The molecule has 1 saturated heterocycles. The largest absolute Gasteiger partial charge is 0.378 e. The molecule has 1 aromatic rings. The maximum atomic E-state index is 5.33. The van der Waals surface area contributed by atoms with Crippen molar-refractivity contribution >= 4 is 34.1 Å². The van der Waals surface area contributed by atoms with E-state index in [1.807, 2.05) is 0 Å². The third-order valence-corrected chi connectivity index (χ3v) is 4.15. The molecule has 17 heavy (non-hydrogen) atoms. The maximum Gasteiger partial charge on any atom is 0.204 e. The quantitative estimate of drug-likeness (QED) is 0.870. The minimum Gasteiger partial charge on any atom is -0.378 e. The highest BCUT2D eigenvalue weighted by molar-refractivity contribution is 9.10. The van der Waals surface area contributed by atoms with Gasteiger partial charge in [0.05, 0.1) is 17.7 Å². The van der Waals surface area contributed by atoms with E-state index in [-0.39, 0.29) is 0 Å². The first-order valence-corrected chi connectivity index (χ1v) is 7.04. The lowest BCUT2D eigenvalue weighted by Crippen LogP contribution is -2.37. The Hall–Kier alpha value is -0.460. The summed E-state index contributed by atoms with van der Waals surface area (Å²) in [6.07, 6.45) is 2.06. The van der Waals surface area contributed by atoms with Gasteiger partial charge in [-0.3, -0.25) is 0 Å². The summed E-state index contributed by atoms with van der Waals surface area (Å²) >= 11 is 8.77. The average molecular weight is 318 g/mol. The fourth-order valence-corrected chi connectivity index (χ4v) is 2.43. The monoisotopic (exact) mass is 317 g/mol. The molecule has 1 N–H and O–H groups in total. The molecular formula is C11H16BrN3OS. The van der Waals surface area contributed by atoms with Crippen LogP contribution in [0.1, 0.15) is 19.0 Å². The van der Waals surface area contributed by atoms with Gasteiger partial charge in [-0.25, -0.2) is 4.98 Å². The number of H-pyrrole nitrogens is 1. The Morgan fingerprint density at radius 2 is 2.18 bits per heavy atom. The van der Waals surface area contributed by atoms with E-state index in [4.69, 9.17) is 17.0 Å². The van der Waals surface area contributed by atoms with Crippen LogP contribution in [0.5, 0.6) is 0 Å². The zero-order valence-corrected chi connectivity index (χ0v) is 12.2. The third-order valence-electron chi connectivity index (χ3n) is 2.73. The number of aromatic amines is 1. The fourth-order valence-electron chi connectivity index (χ4n) is 1.84. The zero-order chi connectivity index (χ0) is 12.3. The normalized spacial score (nSPS) is 16.2. The zero-order valence-electron chi connectivity index (χ0n) is 9.83. The average Bonchev–Trinajstić information content (AvgIpc) is 2.36. The summed E-state index contributed by atoms with van der Waals surface area (Å²) in [6.45, 7) is 5.39. The summed E-state index contributed by atoms with van der Waals surface area (Å²) < 4.78 is 6.89. The van der Waals surface area contributed by atoms with Gasteiger partial charge in [-0.15, -0.1) is 0 Å². The molecule has 0 bridgehead atoms. The van der Waals surface area contributed by atoms with Gasteiger partial charge in [-0.2, -0.15) is 0 Å². The molecule has 1 fully saturated rings. The molecule has 1 aliphatic rings. The lowest BCUT2D eigenvalue weighted by Gasteiger charge is -2.27. The summed E-state index contributed by atoms with van der Waals surface area (Å²) in [7, 11) is 0. The van der Waals surface area contributed by atoms with Crippen molar-refractivity contribution in [3.8, 4) is 0 Å². The van der Waals surface area contributed by atoms with E-state index >= 15 is 0 Å². The van der Waals surface area contributed by atoms with Crippen molar-refractivity contribution in [2.24, 2.45) is 0 Å². The Morgan fingerprint density at radius 1 is 1.47 bits per heavy atom. The van der Waals surface area contributed by atoms with Gasteiger partial charge in [0.25, 0.3) is 0 Å². The molecule has 2 heterocycles. The van der Waals surface area contributed by atoms with Crippen LogP contribution in [0.25, 0.3) is 0 Å². The topological polar surface area (TPSA) is 41.2 Å². The van der Waals surface area contributed by atoms with Gasteiger partial charge in [-0.1, -0.05) is 25.6 Å². The van der Waals surface area contributed by atoms with Crippen LogP contribution in [-0.4, -0.2) is 36.3 Å². The Labute approximate surface area is 115 Å². The van der Waals surface area contributed by atoms with E-state index in [0.29, 0.717) is 4.64 Å². The number of ether oxygens (including phenoxy) is 1. The molecular weight excluding hydrogens is 302 g/mol. The molecule has 1 aliphatic heterocycles. The van der Waals surface area contributed by atoms with Crippen molar-refractivity contribution in [3.05, 3.63) is 14.8 Å². The number of hydrogen-bond acceptors (Lipinski definition) is 4. The summed E-state index contributed by atoms with van der Waals surface area (Å²) in [6, 6.07) is 0. The summed E-state index contributed by atoms with van der Waals surface area (Å²) in [4.78, 5) is 9.98. The maximum absolute atomic E-state index is 5.33. The van der Waals surface area contributed by atoms with E-state index in [1.54, 1.807) is 0 Å². The molecule has 4 nitrogen and oxygen atoms in total. The van der Waals surface area contributed by atoms with Gasteiger partial charge in [0, 0.05) is 18.8 Å². The molecule has 2 rings (SSSR count). The second-order valence-electron chi connectivity index (χ2n) is 4.01. The number of morpholine rings is 1. The van der Waals surface area contributed by atoms with E-state index in [1.165, 1.54) is 0 Å². The molecule has 0 aliphatic carbocycles. The number of halogens is 1. The molecule has 0 amide bonds. The van der Waals surface area contributed by atoms with Gasteiger partial charge < -0.3 is 14.6 Å². The second-order valence-corrected chi connectivity index (χ2v) is 5.19. The van der Waals surface area contributed by atoms with Crippen LogP contribution >= 0.6 is 28.1 Å². The van der Waals surface area contributed by atoms with Crippen LogP contribution in [0.3, 0.4) is 0 Å². The van der Waals surface area contributed by atoms with Crippen LogP contribution in [-0.2, 0) is 11.2 Å². The van der Waals surface area contributed by atoms with E-state index in [0.717, 1.165) is 55.3 Å². The highest BCUT2D eigenvalue weighted by Crippen LogP contribution is 2.20.